The van der Waals surface area contributed by atoms with Gasteiger partial charge >= 0.3 is 0 Å². The number of nitrogens with zero attached hydrogens (tertiary/aromatic N) is 1. The van der Waals surface area contributed by atoms with Gasteiger partial charge in [0.1, 0.15) is 0 Å². The number of aliphatic hydroxyl groups excluding tert-OH is 1. The first-order chi connectivity index (χ1) is 11.0. The minimum Gasteiger partial charge on any atom is -0.389 e. The first kappa shape index (κ1) is 19.9. The number of halogens is 1. The van der Waals surface area contributed by atoms with Gasteiger partial charge in [-0.25, -0.2) is 0 Å². The van der Waals surface area contributed by atoms with Crippen LogP contribution in [0.1, 0.15) is 32.4 Å². The van der Waals surface area contributed by atoms with Gasteiger partial charge in [-0.2, -0.15) is 0 Å². The molecule has 2 N–H and O–H groups in total. The van der Waals surface area contributed by atoms with Gasteiger partial charge in [-0.05, 0) is 38.1 Å². The van der Waals surface area contributed by atoms with Crippen molar-refractivity contribution < 1.29 is 14.6 Å². The van der Waals surface area contributed by atoms with E-state index in [1.807, 2.05) is 49.9 Å². The first-order valence-corrected chi connectivity index (χ1v) is 8.38. The lowest BCUT2D eigenvalue weighted by molar-refractivity contribution is -0.122. The fourth-order valence-corrected chi connectivity index (χ4v) is 2.32. The van der Waals surface area contributed by atoms with Gasteiger partial charge in [0.05, 0.1) is 25.4 Å². The summed E-state index contributed by atoms with van der Waals surface area (Å²) in [5, 5.41) is 13.6. The topological polar surface area (TPSA) is 61.8 Å². The zero-order valence-electron chi connectivity index (χ0n) is 14.1. The predicted octanol–water partition coefficient (Wildman–Crippen LogP) is 2.24. The summed E-state index contributed by atoms with van der Waals surface area (Å²) >= 11 is 5.86. The zero-order chi connectivity index (χ0) is 17.2. The molecule has 1 aromatic carbocycles. The molecule has 1 aromatic rings. The van der Waals surface area contributed by atoms with Crippen molar-refractivity contribution in [1.82, 2.24) is 10.2 Å². The zero-order valence-corrected chi connectivity index (χ0v) is 14.8. The minimum absolute atomic E-state index is 0.0306. The van der Waals surface area contributed by atoms with Crippen molar-refractivity contribution in [2.45, 2.75) is 33.0 Å². The van der Waals surface area contributed by atoms with Gasteiger partial charge < -0.3 is 15.2 Å². The van der Waals surface area contributed by atoms with Crippen LogP contribution in [0.3, 0.4) is 0 Å². The number of nitrogens with one attached hydrogen (secondary N) is 1. The van der Waals surface area contributed by atoms with E-state index in [0.29, 0.717) is 24.7 Å². The summed E-state index contributed by atoms with van der Waals surface area (Å²) in [6, 6.07) is 7.45. The summed E-state index contributed by atoms with van der Waals surface area (Å²) in [6.07, 6.45) is -0.764. The molecule has 23 heavy (non-hydrogen) atoms. The molecule has 0 saturated carbocycles. The van der Waals surface area contributed by atoms with Crippen molar-refractivity contribution in [2.24, 2.45) is 0 Å². The van der Waals surface area contributed by atoms with Crippen LogP contribution < -0.4 is 5.32 Å². The molecule has 2 unspecified atom stereocenters. The molecule has 0 radical (unpaired) electrons. The number of likely N-dealkylation sites (N-methyl/N-ethyl adjacent to an activating group) is 2. The van der Waals surface area contributed by atoms with Gasteiger partial charge in [0, 0.05) is 18.1 Å². The number of carbonyl (C=O) groups is 1. The van der Waals surface area contributed by atoms with Crippen LogP contribution in [0.2, 0.25) is 5.02 Å². The first-order valence-electron chi connectivity index (χ1n) is 8.00. The molecule has 0 heterocycles. The monoisotopic (exact) mass is 342 g/mol. The Morgan fingerprint density at radius 1 is 1.35 bits per heavy atom. The van der Waals surface area contributed by atoms with Gasteiger partial charge in [0.2, 0.25) is 5.91 Å². The van der Waals surface area contributed by atoms with Crippen molar-refractivity contribution in [1.29, 1.82) is 0 Å². The van der Waals surface area contributed by atoms with Crippen LogP contribution in [0.25, 0.3) is 0 Å². The van der Waals surface area contributed by atoms with Crippen molar-refractivity contribution in [3.05, 3.63) is 34.9 Å². The highest BCUT2D eigenvalue weighted by atomic mass is 35.5. The maximum Gasteiger partial charge on any atom is 0.234 e. The van der Waals surface area contributed by atoms with E-state index in [2.05, 4.69) is 5.32 Å². The summed E-state index contributed by atoms with van der Waals surface area (Å²) < 4.78 is 5.71. The van der Waals surface area contributed by atoms with Crippen LogP contribution in [0.4, 0.5) is 0 Å². The van der Waals surface area contributed by atoms with E-state index in [9.17, 15) is 9.90 Å². The predicted molar refractivity (Wildman–Crippen MR) is 92.6 cm³/mol. The number of aliphatic hydroxyl groups is 1. The van der Waals surface area contributed by atoms with E-state index in [0.717, 1.165) is 5.56 Å². The molecule has 0 aliphatic rings. The second kappa shape index (κ2) is 10.6. The lowest BCUT2D eigenvalue weighted by atomic mass is 10.1. The molecule has 0 spiro atoms. The Labute approximate surface area is 143 Å². The molecule has 5 nitrogen and oxygen atoms in total. The Hall–Kier alpha value is -1.14. The lowest BCUT2D eigenvalue weighted by Gasteiger charge is -2.24. The van der Waals surface area contributed by atoms with E-state index in [-0.39, 0.29) is 25.2 Å². The van der Waals surface area contributed by atoms with E-state index in [4.69, 9.17) is 16.3 Å². The highest BCUT2D eigenvalue weighted by molar-refractivity contribution is 6.30. The Kier molecular flexibility index (Phi) is 9.17. The molecule has 0 bridgehead atoms. The molecule has 130 valence electrons. The average Bonchev–Trinajstić information content (AvgIpc) is 2.52. The quantitative estimate of drug-likeness (QED) is 0.684. The summed E-state index contributed by atoms with van der Waals surface area (Å²) in [6.45, 7) is 7.99. The van der Waals surface area contributed by atoms with Crippen molar-refractivity contribution in [2.75, 3.05) is 32.8 Å². The van der Waals surface area contributed by atoms with E-state index in [1.54, 1.807) is 0 Å². The molecule has 0 aliphatic heterocycles. The van der Waals surface area contributed by atoms with E-state index in [1.165, 1.54) is 0 Å². The molecule has 0 aromatic heterocycles. The molecule has 1 amide bonds. The Morgan fingerprint density at radius 3 is 2.57 bits per heavy atom. The van der Waals surface area contributed by atoms with Crippen LogP contribution in [-0.4, -0.2) is 54.8 Å². The summed E-state index contributed by atoms with van der Waals surface area (Å²) in [7, 11) is 0. The third-order valence-corrected chi connectivity index (χ3v) is 3.79. The fourth-order valence-electron chi connectivity index (χ4n) is 2.20. The van der Waals surface area contributed by atoms with Gasteiger partial charge in [-0.15, -0.1) is 0 Å². The van der Waals surface area contributed by atoms with Gasteiger partial charge in [0.25, 0.3) is 0 Å². The molecule has 2 atom stereocenters. The maximum absolute atomic E-state index is 11.6. The number of amides is 1. The summed E-state index contributed by atoms with van der Waals surface area (Å²) in [4.78, 5) is 13.5. The van der Waals surface area contributed by atoms with Crippen molar-refractivity contribution in [3.8, 4) is 0 Å². The summed E-state index contributed by atoms with van der Waals surface area (Å²) in [5.74, 6) is -0.0306. The molecular weight excluding hydrogens is 316 g/mol. The number of benzene rings is 1. The van der Waals surface area contributed by atoms with E-state index < -0.39 is 6.10 Å². The van der Waals surface area contributed by atoms with Crippen LogP contribution in [0.15, 0.2) is 24.3 Å². The molecule has 0 fully saturated rings. The number of hydrogen-bond acceptors (Lipinski definition) is 4. The average molecular weight is 343 g/mol. The number of rotatable bonds is 10. The minimum atomic E-state index is -0.640. The fraction of sp³-hybridized carbons (Fsp3) is 0.588. The second-order valence-corrected chi connectivity index (χ2v) is 5.90. The van der Waals surface area contributed by atoms with Gasteiger partial charge in [-0.3, -0.25) is 9.69 Å². The Bertz CT molecular complexity index is 467. The van der Waals surface area contributed by atoms with E-state index >= 15 is 0 Å². The van der Waals surface area contributed by atoms with Crippen molar-refractivity contribution in [3.63, 3.8) is 0 Å². The second-order valence-electron chi connectivity index (χ2n) is 5.46. The largest absolute Gasteiger partial charge is 0.389 e. The maximum atomic E-state index is 11.6. The smallest absolute Gasteiger partial charge is 0.234 e. The lowest BCUT2D eigenvalue weighted by Crippen LogP contribution is -2.41. The van der Waals surface area contributed by atoms with Crippen LogP contribution in [-0.2, 0) is 9.53 Å². The van der Waals surface area contributed by atoms with Crippen LogP contribution >= 0.6 is 11.6 Å². The molecular formula is C17H27ClN2O3. The molecule has 0 aliphatic carbocycles. The number of ether oxygens (including phenoxy) is 1. The Balaban J connectivity index is 2.38. The Morgan fingerprint density at radius 2 is 2.00 bits per heavy atom. The summed E-state index contributed by atoms with van der Waals surface area (Å²) in [5.41, 5.74) is 1.01. The molecule has 1 rings (SSSR count). The standard InChI is InChI=1S/C17H27ClN2O3/c1-4-19-17(22)11-20(5-2)10-16(21)12-23-13(3)14-6-8-15(18)9-7-14/h6-9,13,16,21H,4-5,10-12H2,1-3H3,(H,19,22). The highest BCUT2D eigenvalue weighted by Crippen LogP contribution is 2.19. The van der Waals surface area contributed by atoms with Crippen LogP contribution in [0, 0.1) is 0 Å². The third kappa shape index (κ3) is 7.79. The van der Waals surface area contributed by atoms with Gasteiger partial charge in [-0.1, -0.05) is 30.7 Å². The van der Waals surface area contributed by atoms with Gasteiger partial charge in [0.15, 0.2) is 0 Å². The van der Waals surface area contributed by atoms with Crippen LogP contribution in [0.5, 0.6) is 0 Å². The normalized spacial score (nSPS) is 13.8. The third-order valence-electron chi connectivity index (χ3n) is 3.54. The highest BCUT2D eigenvalue weighted by Gasteiger charge is 2.15. The molecule has 0 saturated heterocycles. The SMILES string of the molecule is CCNC(=O)CN(CC)CC(O)COC(C)c1ccc(Cl)cc1. The number of hydrogen-bond donors (Lipinski definition) is 2. The van der Waals surface area contributed by atoms with Crippen molar-refractivity contribution >= 4 is 17.5 Å². The number of carbonyl (C=O) groups excluding carboxylic acids is 1. The molecule has 6 heteroatoms.